The highest BCUT2D eigenvalue weighted by Gasteiger charge is 2.30. The summed E-state index contributed by atoms with van der Waals surface area (Å²) in [6.07, 6.45) is 5.18. The first-order valence-corrected chi connectivity index (χ1v) is 8.88. The van der Waals surface area contributed by atoms with Gasteiger partial charge < -0.3 is 9.80 Å². The molecule has 0 unspecified atom stereocenters. The Bertz CT molecular complexity index is 1060. The molecule has 2 amide bonds. The van der Waals surface area contributed by atoms with E-state index in [0.29, 0.717) is 24.2 Å². The number of carbonyl (C=O) groups is 2. The fourth-order valence-electron chi connectivity index (χ4n) is 3.53. The molecule has 0 N–H and O–H groups in total. The van der Waals surface area contributed by atoms with Crippen LogP contribution in [0.25, 0.3) is 10.9 Å². The van der Waals surface area contributed by atoms with Gasteiger partial charge in [-0.2, -0.15) is 5.10 Å². The standard InChI is InChI=1S/C20H21N5O2/c1-13-8-16-14(2)4-5-21-19(16)17(9-13)20(27)24-6-7-25(18(26)12-24)15-10-22-23(3)11-15/h4-5,8-11H,6-7,12H2,1-3H3. The monoisotopic (exact) mass is 363 g/mol. The van der Waals surface area contributed by atoms with E-state index < -0.39 is 0 Å². The van der Waals surface area contributed by atoms with E-state index in [-0.39, 0.29) is 18.4 Å². The summed E-state index contributed by atoms with van der Waals surface area (Å²) < 4.78 is 1.66. The van der Waals surface area contributed by atoms with Gasteiger partial charge in [0, 0.05) is 37.9 Å². The number of nitrogens with zero attached hydrogens (tertiary/aromatic N) is 5. The molecule has 1 saturated heterocycles. The van der Waals surface area contributed by atoms with Gasteiger partial charge in [-0.3, -0.25) is 19.3 Å². The van der Waals surface area contributed by atoms with Gasteiger partial charge in [-0.1, -0.05) is 0 Å². The van der Waals surface area contributed by atoms with Crippen molar-refractivity contribution in [3.63, 3.8) is 0 Å². The molecule has 7 nitrogen and oxygen atoms in total. The molecule has 1 aliphatic heterocycles. The number of hydrogen-bond donors (Lipinski definition) is 0. The lowest BCUT2D eigenvalue weighted by atomic mass is 10.0. The van der Waals surface area contributed by atoms with Gasteiger partial charge in [0.1, 0.15) is 6.54 Å². The van der Waals surface area contributed by atoms with E-state index in [2.05, 4.69) is 10.1 Å². The Labute approximate surface area is 157 Å². The summed E-state index contributed by atoms with van der Waals surface area (Å²) in [4.78, 5) is 33.5. The molecule has 7 heteroatoms. The van der Waals surface area contributed by atoms with E-state index in [9.17, 15) is 9.59 Å². The van der Waals surface area contributed by atoms with Crippen LogP contribution in [0.5, 0.6) is 0 Å². The molecule has 0 aliphatic carbocycles. The largest absolute Gasteiger partial charge is 0.327 e. The Hall–Kier alpha value is -3.22. The predicted molar refractivity (Wildman–Crippen MR) is 103 cm³/mol. The molecule has 0 saturated carbocycles. The molecule has 0 bridgehead atoms. The number of carbonyl (C=O) groups excluding carboxylic acids is 2. The van der Waals surface area contributed by atoms with Crippen molar-refractivity contribution < 1.29 is 9.59 Å². The summed E-state index contributed by atoms with van der Waals surface area (Å²) >= 11 is 0. The quantitative estimate of drug-likeness (QED) is 0.699. The molecule has 1 aliphatic rings. The van der Waals surface area contributed by atoms with Crippen LogP contribution < -0.4 is 4.90 Å². The number of aromatic nitrogens is 3. The first-order valence-electron chi connectivity index (χ1n) is 8.88. The smallest absolute Gasteiger partial charge is 0.256 e. The number of amides is 2. The van der Waals surface area contributed by atoms with E-state index in [1.54, 1.807) is 33.1 Å². The van der Waals surface area contributed by atoms with Crippen LogP contribution in [0, 0.1) is 13.8 Å². The molecule has 0 spiro atoms. The number of rotatable bonds is 2. The van der Waals surface area contributed by atoms with Gasteiger partial charge in [0.15, 0.2) is 0 Å². The zero-order valence-electron chi connectivity index (χ0n) is 15.6. The molecular formula is C20H21N5O2. The molecule has 27 heavy (non-hydrogen) atoms. The number of anilines is 1. The van der Waals surface area contributed by atoms with Crippen molar-refractivity contribution in [3.8, 4) is 0 Å². The molecule has 1 aromatic carbocycles. The second-order valence-electron chi connectivity index (χ2n) is 6.98. The number of aryl methyl sites for hydroxylation is 3. The highest BCUT2D eigenvalue weighted by molar-refractivity contribution is 6.08. The van der Waals surface area contributed by atoms with Gasteiger partial charge in [0.05, 0.1) is 23.0 Å². The normalized spacial score (nSPS) is 14.9. The minimum atomic E-state index is -0.152. The van der Waals surface area contributed by atoms with Crippen molar-refractivity contribution in [2.45, 2.75) is 13.8 Å². The zero-order valence-corrected chi connectivity index (χ0v) is 15.6. The van der Waals surface area contributed by atoms with E-state index in [1.807, 2.05) is 39.1 Å². The van der Waals surface area contributed by atoms with Crippen LogP contribution in [0.2, 0.25) is 0 Å². The van der Waals surface area contributed by atoms with Crippen LogP contribution in [0.15, 0.2) is 36.8 Å². The minimum absolute atomic E-state index is 0.0506. The summed E-state index contributed by atoms with van der Waals surface area (Å²) in [7, 11) is 1.81. The molecular weight excluding hydrogens is 342 g/mol. The number of piperazine rings is 1. The Morgan fingerprint density at radius 3 is 2.70 bits per heavy atom. The van der Waals surface area contributed by atoms with Crippen LogP contribution in [0.1, 0.15) is 21.5 Å². The lowest BCUT2D eigenvalue weighted by Gasteiger charge is -2.33. The SMILES string of the molecule is Cc1cc(C(=O)N2CCN(c3cnn(C)c3)C(=O)C2)c2nccc(C)c2c1. The van der Waals surface area contributed by atoms with E-state index >= 15 is 0 Å². The van der Waals surface area contributed by atoms with Gasteiger partial charge in [-0.15, -0.1) is 0 Å². The van der Waals surface area contributed by atoms with Gasteiger partial charge >= 0.3 is 0 Å². The molecule has 3 aromatic rings. The van der Waals surface area contributed by atoms with E-state index in [1.165, 1.54) is 0 Å². The first kappa shape index (κ1) is 17.2. The van der Waals surface area contributed by atoms with Crippen LogP contribution in [-0.2, 0) is 11.8 Å². The number of pyridine rings is 1. The maximum atomic E-state index is 13.2. The topological polar surface area (TPSA) is 71.3 Å². The van der Waals surface area contributed by atoms with Crippen LogP contribution in [0.4, 0.5) is 5.69 Å². The first-order chi connectivity index (χ1) is 12.9. The van der Waals surface area contributed by atoms with Gasteiger partial charge in [0.25, 0.3) is 5.91 Å². The summed E-state index contributed by atoms with van der Waals surface area (Å²) in [6, 6.07) is 5.83. The summed E-state index contributed by atoms with van der Waals surface area (Å²) in [6.45, 7) is 4.95. The summed E-state index contributed by atoms with van der Waals surface area (Å²) in [5.74, 6) is -0.260. The maximum Gasteiger partial charge on any atom is 0.256 e. The third kappa shape index (κ3) is 3.05. The second kappa shape index (κ2) is 6.50. The Morgan fingerprint density at radius 2 is 2.00 bits per heavy atom. The highest BCUT2D eigenvalue weighted by Crippen LogP contribution is 2.24. The molecule has 0 radical (unpaired) electrons. The lowest BCUT2D eigenvalue weighted by Crippen LogP contribution is -2.52. The highest BCUT2D eigenvalue weighted by atomic mass is 16.2. The number of fused-ring (bicyclic) bond motifs is 1. The second-order valence-corrected chi connectivity index (χ2v) is 6.98. The van der Waals surface area contributed by atoms with Crippen molar-refractivity contribution in [1.29, 1.82) is 0 Å². The van der Waals surface area contributed by atoms with Gasteiger partial charge in [0.2, 0.25) is 5.91 Å². The zero-order chi connectivity index (χ0) is 19.1. The average Bonchev–Trinajstić information content (AvgIpc) is 3.07. The molecule has 2 aromatic heterocycles. The number of hydrogen-bond acceptors (Lipinski definition) is 4. The van der Waals surface area contributed by atoms with E-state index in [0.717, 1.165) is 22.2 Å². The Balaban J connectivity index is 1.62. The molecule has 138 valence electrons. The van der Waals surface area contributed by atoms with Gasteiger partial charge in [-0.05, 0) is 43.2 Å². The fourth-order valence-corrected chi connectivity index (χ4v) is 3.53. The third-order valence-electron chi connectivity index (χ3n) is 4.95. The van der Waals surface area contributed by atoms with Crippen molar-refractivity contribution in [1.82, 2.24) is 19.7 Å². The lowest BCUT2D eigenvalue weighted by molar-refractivity contribution is -0.120. The molecule has 0 atom stereocenters. The Morgan fingerprint density at radius 1 is 1.19 bits per heavy atom. The van der Waals surface area contributed by atoms with Crippen molar-refractivity contribution in [2.24, 2.45) is 7.05 Å². The maximum absolute atomic E-state index is 13.2. The summed E-state index contributed by atoms with van der Waals surface area (Å²) in [5, 5.41) is 5.09. The van der Waals surface area contributed by atoms with Crippen molar-refractivity contribution in [2.75, 3.05) is 24.5 Å². The van der Waals surface area contributed by atoms with Crippen molar-refractivity contribution >= 4 is 28.4 Å². The average molecular weight is 363 g/mol. The molecule has 1 fully saturated rings. The number of benzene rings is 1. The van der Waals surface area contributed by atoms with Crippen molar-refractivity contribution in [3.05, 3.63) is 53.5 Å². The summed E-state index contributed by atoms with van der Waals surface area (Å²) in [5.41, 5.74) is 4.08. The van der Waals surface area contributed by atoms with E-state index in [4.69, 9.17) is 0 Å². The van der Waals surface area contributed by atoms with Crippen LogP contribution in [-0.4, -0.2) is 51.1 Å². The molecule has 3 heterocycles. The van der Waals surface area contributed by atoms with Crippen LogP contribution in [0.3, 0.4) is 0 Å². The van der Waals surface area contributed by atoms with Crippen LogP contribution >= 0.6 is 0 Å². The predicted octanol–water partition coefficient (Wildman–Crippen LogP) is 2.07. The Kier molecular flexibility index (Phi) is 4.14. The van der Waals surface area contributed by atoms with Gasteiger partial charge in [-0.25, -0.2) is 0 Å². The third-order valence-corrected chi connectivity index (χ3v) is 4.95. The minimum Gasteiger partial charge on any atom is -0.327 e. The fraction of sp³-hybridized carbons (Fsp3) is 0.300. The molecule has 4 rings (SSSR count).